The molecule has 0 bridgehead atoms. The van der Waals surface area contributed by atoms with E-state index in [1.54, 1.807) is 24.3 Å². The number of hydrogen-bond donors (Lipinski definition) is 0. The van der Waals surface area contributed by atoms with Crippen molar-refractivity contribution in [1.29, 1.82) is 5.26 Å². The van der Waals surface area contributed by atoms with Crippen LogP contribution in [0, 0.1) is 21.4 Å². The fraction of sp³-hybridized carbons (Fsp3) is 0.0667. The number of nitro groups is 1. The quantitative estimate of drug-likeness (QED) is 0.489. The topological polar surface area (TPSA) is 93.2 Å². The van der Waals surface area contributed by atoms with Crippen molar-refractivity contribution in [3.63, 3.8) is 0 Å². The Morgan fingerprint density at radius 1 is 1.27 bits per heavy atom. The smallest absolute Gasteiger partial charge is 0.345 e. The average molecular weight is 317 g/mol. The zero-order valence-electron chi connectivity index (χ0n) is 11.2. The van der Waals surface area contributed by atoms with Gasteiger partial charge in [0.05, 0.1) is 16.6 Å². The van der Waals surface area contributed by atoms with Gasteiger partial charge in [-0.1, -0.05) is 23.7 Å². The zero-order valence-corrected chi connectivity index (χ0v) is 11.9. The molecule has 0 aromatic heterocycles. The molecule has 110 valence electrons. The number of nitriles is 1. The Morgan fingerprint density at radius 2 is 1.95 bits per heavy atom. The monoisotopic (exact) mass is 316 g/mol. The van der Waals surface area contributed by atoms with E-state index in [2.05, 4.69) is 0 Å². The molecular formula is C15H9ClN2O4. The van der Waals surface area contributed by atoms with Crippen LogP contribution in [0.2, 0.25) is 5.02 Å². The molecule has 0 saturated carbocycles. The maximum atomic E-state index is 12.0. The molecule has 2 aromatic carbocycles. The van der Waals surface area contributed by atoms with E-state index in [9.17, 15) is 14.9 Å². The number of hydrogen-bond acceptors (Lipinski definition) is 5. The summed E-state index contributed by atoms with van der Waals surface area (Å²) in [5.41, 5.74) is 0.591. The Labute approximate surface area is 130 Å². The van der Waals surface area contributed by atoms with Crippen molar-refractivity contribution < 1.29 is 14.5 Å². The van der Waals surface area contributed by atoms with Crippen LogP contribution in [0.15, 0.2) is 42.5 Å². The molecule has 0 fully saturated rings. The van der Waals surface area contributed by atoms with Gasteiger partial charge in [-0.3, -0.25) is 10.1 Å². The molecule has 2 aromatic rings. The molecule has 0 unspecified atom stereocenters. The molecule has 0 spiro atoms. The number of rotatable bonds is 4. The van der Waals surface area contributed by atoms with Crippen LogP contribution < -0.4 is 0 Å². The first-order valence-electron chi connectivity index (χ1n) is 6.11. The van der Waals surface area contributed by atoms with Gasteiger partial charge in [0.2, 0.25) is 0 Å². The highest BCUT2D eigenvalue weighted by molar-refractivity contribution is 6.31. The number of halogens is 1. The minimum atomic E-state index is -0.812. The molecule has 0 aliphatic heterocycles. The average Bonchev–Trinajstić information content (AvgIpc) is 2.53. The summed E-state index contributed by atoms with van der Waals surface area (Å²) in [7, 11) is 0. The van der Waals surface area contributed by atoms with E-state index in [1.165, 1.54) is 12.1 Å². The predicted octanol–water partition coefficient (Wildman–Crippen LogP) is 3.48. The summed E-state index contributed by atoms with van der Waals surface area (Å²) in [4.78, 5) is 22.2. The fourth-order valence-electron chi connectivity index (χ4n) is 1.73. The summed E-state index contributed by atoms with van der Waals surface area (Å²) in [5, 5.41) is 19.8. The van der Waals surface area contributed by atoms with Crippen molar-refractivity contribution in [2.75, 3.05) is 0 Å². The number of ether oxygens (including phenoxy) is 1. The summed E-state index contributed by atoms with van der Waals surface area (Å²) in [6.45, 7) is -0.0513. The Balaban J connectivity index is 2.12. The maximum Gasteiger partial charge on any atom is 0.345 e. The lowest BCUT2D eigenvalue weighted by molar-refractivity contribution is -0.385. The van der Waals surface area contributed by atoms with Crippen molar-refractivity contribution in [3.8, 4) is 6.07 Å². The van der Waals surface area contributed by atoms with Crippen LogP contribution >= 0.6 is 11.6 Å². The lowest BCUT2D eigenvalue weighted by Gasteiger charge is -2.06. The number of carbonyl (C=O) groups excluding carboxylic acids is 1. The normalized spacial score (nSPS) is 9.82. The Hall–Kier alpha value is -2.91. The van der Waals surface area contributed by atoms with Crippen molar-refractivity contribution in [1.82, 2.24) is 0 Å². The van der Waals surface area contributed by atoms with Crippen molar-refractivity contribution in [2.24, 2.45) is 0 Å². The van der Waals surface area contributed by atoms with Crippen LogP contribution in [0.1, 0.15) is 21.5 Å². The van der Waals surface area contributed by atoms with Crippen LogP contribution in [0.5, 0.6) is 0 Å². The molecule has 0 saturated heterocycles. The summed E-state index contributed by atoms with van der Waals surface area (Å²) in [6, 6.07) is 12.2. The Kier molecular flexibility index (Phi) is 4.71. The van der Waals surface area contributed by atoms with Crippen molar-refractivity contribution >= 4 is 23.3 Å². The lowest BCUT2D eigenvalue weighted by Crippen LogP contribution is -2.08. The van der Waals surface area contributed by atoms with E-state index >= 15 is 0 Å². The summed E-state index contributed by atoms with van der Waals surface area (Å²) < 4.78 is 5.05. The third-order valence-electron chi connectivity index (χ3n) is 2.83. The van der Waals surface area contributed by atoms with Gasteiger partial charge in [0.25, 0.3) is 5.69 Å². The van der Waals surface area contributed by atoms with Gasteiger partial charge >= 0.3 is 5.97 Å². The number of esters is 1. The molecule has 0 amide bonds. The molecule has 0 heterocycles. The second-order valence-corrected chi connectivity index (χ2v) is 4.74. The summed E-state index contributed by atoms with van der Waals surface area (Å²) >= 11 is 5.68. The second kappa shape index (κ2) is 6.70. The largest absolute Gasteiger partial charge is 0.457 e. The van der Waals surface area contributed by atoms with E-state index in [4.69, 9.17) is 21.6 Å². The minimum Gasteiger partial charge on any atom is -0.457 e. The molecule has 0 aliphatic rings. The molecule has 0 aliphatic carbocycles. The number of carbonyl (C=O) groups is 1. The van der Waals surface area contributed by atoms with Gasteiger partial charge in [0.15, 0.2) is 0 Å². The van der Waals surface area contributed by atoms with Gasteiger partial charge in [-0.15, -0.1) is 0 Å². The van der Waals surface area contributed by atoms with Crippen molar-refractivity contribution in [2.45, 2.75) is 6.61 Å². The van der Waals surface area contributed by atoms with E-state index in [1.807, 2.05) is 6.07 Å². The zero-order chi connectivity index (χ0) is 16.1. The van der Waals surface area contributed by atoms with Crippen LogP contribution in [0.25, 0.3) is 0 Å². The summed E-state index contributed by atoms with van der Waals surface area (Å²) in [6.07, 6.45) is 0. The molecule has 0 radical (unpaired) electrons. The maximum absolute atomic E-state index is 12.0. The first-order valence-corrected chi connectivity index (χ1v) is 6.49. The molecule has 7 heteroatoms. The molecular weight excluding hydrogens is 308 g/mol. The standard InChI is InChI=1S/C15H9ClN2O4/c16-12-5-6-13(14(7-12)18(20)21)15(19)22-9-11-3-1-10(8-17)2-4-11/h1-7H,9H2. The van der Waals surface area contributed by atoms with E-state index < -0.39 is 16.6 Å². The fourth-order valence-corrected chi connectivity index (χ4v) is 1.90. The highest BCUT2D eigenvalue weighted by Crippen LogP contribution is 2.24. The minimum absolute atomic E-state index is 0.0513. The number of benzene rings is 2. The van der Waals surface area contributed by atoms with Crippen molar-refractivity contribution in [3.05, 3.63) is 74.3 Å². The van der Waals surface area contributed by atoms with Gasteiger partial charge in [-0.05, 0) is 29.8 Å². The van der Waals surface area contributed by atoms with E-state index in [0.29, 0.717) is 11.1 Å². The predicted molar refractivity (Wildman–Crippen MR) is 78.4 cm³/mol. The molecule has 6 nitrogen and oxygen atoms in total. The van der Waals surface area contributed by atoms with E-state index in [0.717, 1.165) is 6.07 Å². The highest BCUT2D eigenvalue weighted by atomic mass is 35.5. The van der Waals surface area contributed by atoms with Gasteiger partial charge < -0.3 is 4.74 Å². The van der Waals surface area contributed by atoms with Gasteiger partial charge in [0, 0.05) is 11.1 Å². The first kappa shape index (κ1) is 15.5. The second-order valence-electron chi connectivity index (χ2n) is 4.30. The first-order chi connectivity index (χ1) is 10.5. The molecule has 22 heavy (non-hydrogen) atoms. The van der Waals surface area contributed by atoms with Crippen LogP contribution in [0.4, 0.5) is 5.69 Å². The number of nitro benzene ring substituents is 1. The Bertz CT molecular complexity index is 766. The molecule has 2 rings (SSSR count). The molecule has 0 N–H and O–H groups in total. The van der Waals surface area contributed by atoms with Gasteiger partial charge in [-0.25, -0.2) is 4.79 Å². The lowest BCUT2D eigenvalue weighted by atomic mass is 10.1. The SMILES string of the molecule is N#Cc1ccc(COC(=O)c2ccc(Cl)cc2[N+](=O)[O-])cc1. The van der Waals surface area contributed by atoms with Gasteiger partial charge in [0.1, 0.15) is 12.2 Å². The third-order valence-corrected chi connectivity index (χ3v) is 3.06. The van der Waals surface area contributed by atoms with Crippen LogP contribution in [-0.2, 0) is 11.3 Å². The molecule has 0 atom stereocenters. The highest BCUT2D eigenvalue weighted by Gasteiger charge is 2.21. The van der Waals surface area contributed by atoms with E-state index in [-0.39, 0.29) is 17.2 Å². The van der Waals surface area contributed by atoms with Gasteiger partial charge in [-0.2, -0.15) is 5.26 Å². The Morgan fingerprint density at radius 3 is 2.55 bits per heavy atom. The summed E-state index contributed by atoms with van der Waals surface area (Å²) in [5.74, 6) is -0.812. The number of nitrogens with zero attached hydrogens (tertiary/aromatic N) is 2. The van der Waals surface area contributed by atoms with Crippen LogP contribution in [0.3, 0.4) is 0 Å². The van der Waals surface area contributed by atoms with Crippen LogP contribution in [-0.4, -0.2) is 10.9 Å². The third kappa shape index (κ3) is 3.59.